The van der Waals surface area contributed by atoms with Crippen molar-refractivity contribution in [1.82, 2.24) is 14.7 Å². The van der Waals surface area contributed by atoms with Gasteiger partial charge in [-0.1, -0.05) is 29.8 Å². The van der Waals surface area contributed by atoms with E-state index in [1.807, 2.05) is 44.3 Å². The van der Waals surface area contributed by atoms with Crippen LogP contribution in [0, 0.1) is 6.92 Å². The van der Waals surface area contributed by atoms with E-state index >= 15 is 0 Å². The summed E-state index contributed by atoms with van der Waals surface area (Å²) in [5.74, 6) is 0.449. The van der Waals surface area contributed by atoms with Crippen molar-refractivity contribution in [2.75, 3.05) is 11.9 Å². The van der Waals surface area contributed by atoms with Crippen LogP contribution in [0.4, 0.5) is 5.82 Å². The molecule has 1 atom stereocenters. The molecule has 2 aromatic heterocycles. The van der Waals surface area contributed by atoms with E-state index in [-0.39, 0.29) is 5.91 Å². The quantitative estimate of drug-likeness (QED) is 0.714. The molecule has 1 amide bonds. The van der Waals surface area contributed by atoms with E-state index in [0.717, 1.165) is 30.8 Å². The second-order valence-corrected chi connectivity index (χ2v) is 8.21. The first kappa shape index (κ1) is 18.2. The van der Waals surface area contributed by atoms with Gasteiger partial charge in [-0.05, 0) is 42.0 Å². The second kappa shape index (κ2) is 7.46. The zero-order valence-electron chi connectivity index (χ0n) is 15.3. The molecule has 140 valence electrons. The highest BCUT2D eigenvalue weighted by Gasteiger charge is 2.32. The summed E-state index contributed by atoms with van der Waals surface area (Å²) < 4.78 is 1.75. The van der Waals surface area contributed by atoms with E-state index in [1.165, 1.54) is 10.4 Å². The number of aromatic nitrogens is 2. The number of rotatable bonds is 4. The maximum absolute atomic E-state index is 13.3. The van der Waals surface area contributed by atoms with Crippen LogP contribution in [-0.4, -0.2) is 27.1 Å². The third-order valence-electron chi connectivity index (χ3n) is 5.02. The lowest BCUT2D eigenvalue weighted by Gasteiger charge is -2.34. The molecule has 7 heteroatoms. The van der Waals surface area contributed by atoms with Crippen molar-refractivity contribution in [2.45, 2.75) is 25.9 Å². The molecular weight excluding hydrogens is 380 g/mol. The molecule has 1 unspecified atom stereocenters. The maximum Gasteiger partial charge on any atom is 0.247 e. The lowest BCUT2D eigenvalue weighted by Crippen LogP contribution is -2.40. The molecule has 1 N–H and O–H groups in total. The third kappa shape index (κ3) is 3.65. The first-order valence-corrected chi connectivity index (χ1v) is 10.1. The van der Waals surface area contributed by atoms with Crippen LogP contribution >= 0.6 is 22.9 Å². The molecule has 0 aliphatic carbocycles. The Hall–Kier alpha value is -2.15. The average molecular weight is 401 g/mol. The van der Waals surface area contributed by atoms with E-state index in [9.17, 15) is 4.79 Å². The van der Waals surface area contributed by atoms with Crippen LogP contribution in [0.25, 0.3) is 0 Å². The number of hydrogen-bond acceptors (Lipinski definition) is 4. The van der Waals surface area contributed by atoms with Crippen molar-refractivity contribution in [1.29, 1.82) is 0 Å². The van der Waals surface area contributed by atoms with Gasteiger partial charge in [-0.25, -0.2) is 0 Å². The number of amides is 1. The van der Waals surface area contributed by atoms with Crippen molar-refractivity contribution in [2.24, 2.45) is 7.05 Å². The van der Waals surface area contributed by atoms with Gasteiger partial charge in [0, 0.05) is 41.8 Å². The normalized spacial score (nSPS) is 15.4. The van der Waals surface area contributed by atoms with E-state index < -0.39 is 6.04 Å². The minimum Gasteiger partial charge on any atom is -0.308 e. The number of nitrogens with zero attached hydrogens (tertiary/aromatic N) is 3. The average Bonchev–Trinajstić information content (AvgIpc) is 3.23. The van der Waals surface area contributed by atoms with Crippen LogP contribution < -0.4 is 5.32 Å². The second-order valence-electron chi connectivity index (χ2n) is 6.80. The van der Waals surface area contributed by atoms with Crippen molar-refractivity contribution in [3.05, 3.63) is 68.5 Å². The number of carbonyl (C=O) groups is 1. The molecule has 3 aromatic rings. The standard InChI is InChI=1S/C20H21ClN4OS/c1-13-11-18(23-24(13)2)22-20(26)19(15-5-3-4-6-16(15)21)25-9-7-17-14(12-25)8-10-27-17/h3-6,8,10-11,19H,7,9,12H2,1-2H3,(H,22,23,26). The van der Waals surface area contributed by atoms with E-state index in [0.29, 0.717) is 10.8 Å². The van der Waals surface area contributed by atoms with Crippen LogP contribution in [0.1, 0.15) is 27.7 Å². The summed E-state index contributed by atoms with van der Waals surface area (Å²) in [5, 5.41) is 10.1. The van der Waals surface area contributed by atoms with Crippen molar-refractivity contribution in [3.8, 4) is 0 Å². The van der Waals surface area contributed by atoms with Gasteiger partial charge in [-0.3, -0.25) is 14.4 Å². The highest BCUT2D eigenvalue weighted by Crippen LogP contribution is 2.34. The predicted molar refractivity (Wildman–Crippen MR) is 109 cm³/mol. The number of thiophene rings is 1. The smallest absolute Gasteiger partial charge is 0.247 e. The number of hydrogen-bond donors (Lipinski definition) is 1. The molecule has 1 aliphatic heterocycles. The van der Waals surface area contributed by atoms with E-state index in [2.05, 4.69) is 26.8 Å². The van der Waals surface area contributed by atoms with Gasteiger partial charge >= 0.3 is 0 Å². The number of fused-ring (bicyclic) bond motifs is 1. The fraction of sp³-hybridized carbons (Fsp3) is 0.300. The zero-order valence-corrected chi connectivity index (χ0v) is 16.8. The van der Waals surface area contributed by atoms with Crippen LogP contribution in [0.3, 0.4) is 0 Å². The number of benzene rings is 1. The van der Waals surface area contributed by atoms with Crippen LogP contribution in [0.2, 0.25) is 5.02 Å². The fourth-order valence-electron chi connectivity index (χ4n) is 3.51. The SMILES string of the molecule is Cc1cc(NC(=O)C(c2ccccc2Cl)N2CCc3sccc3C2)nn1C. The predicted octanol–water partition coefficient (Wildman–Crippen LogP) is 4.18. The molecular formula is C20H21ClN4OS. The third-order valence-corrected chi connectivity index (χ3v) is 6.38. The van der Waals surface area contributed by atoms with Crippen molar-refractivity contribution in [3.63, 3.8) is 0 Å². The largest absolute Gasteiger partial charge is 0.308 e. The molecule has 0 spiro atoms. The highest BCUT2D eigenvalue weighted by atomic mass is 35.5. The van der Waals surface area contributed by atoms with Gasteiger partial charge in [0.15, 0.2) is 5.82 Å². The Balaban J connectivity index is 1.66. The van der Waals surface area contributed by atoms with E-state index in [4.69, 9.17) is 11.6 Å². The molecule has 5 nitrogen and oxygen atoms in total. The van der Waals surface area contributed by atoms with Gasteiger partial charge in [-0.2, -0.15) is 5.10 Å². The number of nitrogens with one attached hydrogen (secondary N) is 1. The maximum atomic E-state index is 13.3. The number of anilines is 1. The Morgan fingerprint density at radius 2 is 2.15 bits per heavy atom. The number of aryl methyl sites for hydroxylation is 2. The summed E-state index contributed by atoms with van der Waals surface area (Å²) in [6.07, 6.45) is 0.948. The van der Waals surface area contributed by atoms with Crippen LogP contribution in [0.5, 0.6) is 0 Å². The van der Waals surface area contributed by atoms with Gasteiger partial charge in [0.25, 0.3) is 0 Å². The summed E-state index contributed by atoms with van der Waals surface area (Å²) in [4.78, 5) is 16.9. The summed E-state index contributed by atoms with van der Waals surface area (Å²) in [6.45, 7) is 3.51. The van der Waals surface area contributed by atoms with Gasteiger partial charge in [-0.15, -0.1) is 11.3 Å². The zero-order chi connectivity index (χ0) is 19.0. The van der Waals surface area contributed by atoms with Gasteiger partial charge in [0.1, 0.15) is 6.04 Å². The lowest BCUT2D eigenvalue weighted by molar-refractivity contribution is -0.122. The Labute approximate surface area is 167 Å². The molecule has 3 heterocycles. The molecule has 0 saturated heterocycles. The molecule has 27 heavy (non-hydrogen) atoms. The number of halogens is 1. The summed E-state index contributed by atoms with van der Waals surface area (Å²) in [7, 11) is 1.86. The van der Waals surface area contributed by atoms with Gasteiger partial charge < -0.3 is 5.32 Å². The lowest BCUT2D eigenvalue weighted by atomic mass is 10.0. The fourth-order valence-corrected chi connectivity index (χ4v) is 4.64. The van der Waals surface area contributed by atoms with E-state index in [1.54, 1.807) is 16.0 Å². The summed E-state index contributed by atoms with van der Waals surface area (Å²) in [5.41, 5.74) is 3.10. The minimum atomic E-state index is -0.464. The van der Waals surface area contributed by atoms with Crippen LogP contribution in [-0.2, 0) is 24.8 Å². The Bertz CT molecular complexity index is 961. The van der Waals surface area contributed by atoms with Crippen LogP contribution in [0.15, 0.2) is 41.8 Å². The Morgan fingerprint density at radius 3 is 2.89 bits per heavy atom. The number of carbonyl (C=O) groups excluding carboxylic acids is 1. The topological polar surface area (TPSA) is 50.2 Å². The molecule has 0 bridgehead atoms. The molecule has 4 rings (SSSR count). The minimum absolute atomic E-state index is 0.111. The molecule has 1 aromatic carbocycles. The summed E-state index contributed by atoms with van der Waals surface area (Å²) >= 11 is 8.26. The van der Waals surface area contributed by atoms with Gasteiger partial charge in [0.05, 0.1) is 0 Å². The van der Waals surface area contributed by atoms with Crippen molar-refractivity contribution < 1.29 is 4.79 Å². The molecule has 1 aliphatic rings. The first-order valence-electron chi connectivity index (χ1n) is 8.88. The first-order chi connectivity index (χ1) is 13.0. The molecule has 0 fully saturated rings. The molecule has 0 radical (unpaired) electrons. The highest BCUT2D eigenvalue weighted by molar-refractivity contribution is 7.10. The van der Waals surface area contributed by atoms with Gasteiger partial charge in [0.2, 0.25) is 5.91 Å². The molecule has 0 saturated carbocycles. The monoisotopic (exact) mass is 400 g/mol. The summed E-state index contributed by atoms with van der Waals surface area (Å²) in [6, 6.07) is 11.1. The Morgan fingerprint density at radius 1 is 1.33 bits per heavy atom. The Kier molecular flexibility index (Phi) is 5.04. The van der Waals surface area contributed by atoms with Crippen molar-refractivity contribution >= 4 is 34.7 Å².